The molecule has 0 atom stereocenters. The molecular formula is C14H12FN3O3. The number of para-hydroxylation sites is 2. The Hall–Kier alpha value is -2.96. The van der Waals surface area contributed by atoms with E-state index in [9.17, 15) is 14.5 Å². The van der Waals surface area contributed by atoms with E-state index in [0.29, 0.717) is 0 Å². The van der Waals surface area contributed by atoms with Gasteiger partial charge in [-0.15, -0.1) is 0 Å². The molecular weight excluding hydrogens is 277 g/mol. The van der Waals surface area contributed by atoms with Gasteiger partial charge in [0.2, 0.25) is 0 Å². The van der Waals surface area contributed by atoms with E-state index in [-0.39, 0.29) is 35.0 Å². The van der Waals surface area contributed by atoms with Crippen LogP contribution in [0.5, 0.6) is 5.75 Å². The van der Waals surface area contributed by atoms with Gasteiger partial charge < -0.3 is 10.5 Å². The Bertz CT molecular complexity index is 704. The van der Waals surface area contributed by atoms with E-state index in [1.54, 1.807) is 6.07 Å². The molecule has 0 unspecified atom stereocenters. The maximum atomic E-state index is 13.8. The molecule has 0 aromatic heterocycles. The number of nitro benzene ring substituents is 1. The molecule has 0 bridgehead atoms. The highest BCUT2D eigenvalue weighted by Gasteiger charge is 2.14. The van der Waals surface area contributed by atoms with Crippen LogP contribution in [0.15, 0.2) is 42.5 Å². The summed E-state index contributed by atoms with van der Waals surface area (Å²) in [7, 11) is 0. The molecule has 0 aliphatic rings. The zero-order chi connectivity index (χ0) is 15.4. The summed E-state index contributed by atoms with van der Waals surface area (Å²) >= 11 is 0. The van der Waals surface area contributed by atoms with E-state index in [0.717, 1.165) is 6.07 Å². The maximum absolute atomic E-state index is 13.8. The zero-order valence-electron chi connectivity index (χ0n) is 10.9. The Labute approximate surface area is 119 Å². The number of rotatable bonds is 5. The maximum Gasteiger partial charge on any atom is 0.310 e. The second-order valence-corrected chi connectivity index (χ2v) is 4.23. The predicted octanol–water partition coefficient (Wildman–Crippen LogP) is 2.60. The van der Waals surface area contributed by atoms with E-state index >= 15 is 0 Å². The van der Waals surface area contributed by atoms with Gasteiger partial charge in [-0.3, -0.25) is 15.5 Å². The van der Waals surface area contributed by atoms with Crippen LogP contribution in [0.4, 0.5) is 10.1 Å². The van der Waals surface area contributed by atoms with Crippen LogP contribution in [0.2, 0.25) is 0 Å². The number of ether oxygens (including phenoxy) is 1. The highest BCUT2D eigenvalue weighted by molar-refractivity contribution is 5.94. The van der Waals surface area contributed by atoms with E-state index in [1.807, 2.05) is 0 Å². The predicted molar refractivity (Wildman–Crippen MR) is 74.8 cm³/mol. The fraction of sp³-hybridized carbons (Fsp3) is 0.0714. The number of nitrogen functional groups attached to an aromatic ring is 1. The number of nitrogens with two attached hydrogens (primary N) is 1. The first-order chi connectivity index (χ1) is 9.99. The summed E-state index contributed by atoms with van der Waals surface area (Å²) in [5.41, 5.74) is 5.57. The molecule has 21 heavy (non-hydrogen) atoms. The van der Waals surface area contributed by atoms with Gasteiger partial charge in [0, 0.05) is 17.2 Å². The van der Waals surface area contributed by atoms with Crippen molar-refractivity contribution in [1.82, 2.24) is 0 Å². The minimum absolute atomic E-state index is 0.0672. The largest absolute Gasteiger partial charge is 0.482 e. The second-order valence-electron chi connectivity index (χ2n) is 4.23. The Morgan fingerprint density at radius 1 is 1.33 bits per heavy atom. The summed E-state index contributed by atoms with van der Waals surface area (Å²) in [5, 5.41) is 18.1. The smallest absolute Gasteiger partial charge is 0.310 e. The van der Waals surface area contributed by atoms with Crippen molar-refractivity contribution in [3.05, 3.63) is 69.5 Å². The number of nitro groups is 1. The Balaban J connectivity index is 2.17. The SMILES string of the molecule is N=C(N)c1ccc(COc2ccccc2[N+](=O)[O-])c(F)c1. The molecule has 2 rings (SSSR count). The third-order valence-electron chi connectivity index (χ3n) is 2.81. The highest BCUT2D eigenvalue weighted by Crippen LogP contribution is 2.27. The molecule has 0 aliphatic carbocycles. The molecule has 108 valence electrons. The van der Waals surface area contributed by atoms with Gasteiger partial charge in [-0.2, -0.15) is 0 Å². The molecule has 0 saturated carbocycles. The summed E-state index contributed by atoms with van der Waals surface area (Å²) in [6.45, 7) is -0.158. The van der Waals surface area contributed by atoms with Crippen LogP contribution < -0.4 is 10.5 Å². The van der Waals surface area contributed by atoms with Crippen LogP contribution in [-0.4, -0.2) is 10.8 Å². The lowest BCUT2D eigenvalue weighted by atomic mass is 10.1. The topological polar surface area (TPSA) is 102 Å². The molecule has 2 aromatic rings. The first kappa shape index (κ1) is 14.4. The molecule has 0 fully saturated rings. The van der Waals surface area contributed by atoms with Crippen molar-refractivity contribution in [3.63, 3.8) is 0 Å². The van der Waals surface area contributed by atoms with E-state index < -0.39 is 10.7 Å². The number of nitrogens with zero attached hydrogens (tertiary/aromatic N) is 1. The molecule has 7 heteroatoms. The zero-order valence-corrected chi connectivity index (χ0v) is 10.9. The van der Waals surface area contributed by atoms with Gasteiger partial charge in [-0.1, -0.05) is 24.3 Å². The van der Waals surface area contributed by atoms with Crippen molar-refractivity contribution in [3.8, 4) is 5.75 Å². The van der Waals surface area contributed by atoms with Crippen LogP contribution in [0.3, 0.4) is 0 Å². The van der Waals surface area contributed by atoms with Gasteiger partial charge in [0.1, 0.15) is 18.3 Å². The lowest BCUT2D eigenvalue weighted by Gasteiger charge is -2.08. The first-order valence-electron chi connectivity index (χ1n) is 5.98. The third kappa shape index (κ3) is 3.33. The van der Waals surface area contributed by atoms with Gasteiger partial charge in [0.25, 0.3) is 0 Å². The van der Waals surface area contributed by atoms with Gasteiger partial charge in [0.05, 0.1) is 4.92 Å². The second kappa shape index (κ2) is 6.00. The molecule has 3 N–H and O–H groups in total. The lowest BCUT2D eigenvalue weighted by Crippen LogP contribution is -2.12. The molecule has 0 amide bonds. The number of benzene rings is 2. The van der Waals surface area contributed by atoms with Gasteiger partial charge in [-0.25, -0.2) is 4.39 Å². The fourth-order valence-electron chi connectivity index (χ4n) is 1.72. The summed E-state index contributed by atoms with van der Waals surface area (Å²) in [4.78, 5) is 10.3. The molecule has 0 aliphatic heterocycles. The van der Waals surface area contributed by atoms with Crippen LogP contribution in [0, 0.1) is 21.3 Å². The molecule has 6 nitrogen and oxygen atoms in total. The molecule has 0 heterocycles. The quantitative estimate of drug-likeness (QED) is 0.382. The van der Waals surface area contributed by atoms with Crippen LogP contribution >= 0.6 is 0 Å². The fourth-order valence-corrected chi connectivity index (χ4v) is 1.72. The number of nitrogens with one attached hydrogen (secondary N) is 1. The average molecular weight is 289 g/mol. The van der Waals surface area contributed by atoms with E-state index in [2.05, 4.69) is 0 Å². The molecule has 0 radical (unpaired) electrons. The standard InChI is InChI=1S/C14H12FN3O3/c15-11-7-9(14(16)17)5-6-10(11)8-21-13-4-2-1-3-12(13)18(19)20/h1-7H,8H2,(H3,16,17). The average Bonchev–Trinajstić information content (AvgIpc) is 2.46. The molecule has 2 aromatic carbocycles. The van der Waals surface area contributed by atoms with Crippen molar-refractivity contribution in [2.24, 2.45) is 5.73 Å². The highest BCUT2D eigenvalue weighted by atomic mass is 19.1. The van der Waals surface area contributed by atoms with Crippen molar-refractivity contribution >= 4 is 11.5 Å². The summed E-state index contributed by atoms with van der Waals surface area (Å²) in [6.07, 6.45) is 0. The Morgan fingerprint density at radius 2 is 2.05 bits per heavy atom. The monoisotopic (exact) mass is 289 g/mol. The van der Waals surface area contributed by atoms with Crippen LogP contribution in [-0.2, 0) is 6.61 Å². The summed E-state index contributed by atoms with van der Waals surface area (Å²) < 4.78 is 19.1. The lowest BCUT2D eigenvalue weighted by molar-refractivity contribution is -0.385. The van der Waals surface area contributed by atoms with Crippen molar-refractivity contribution < 1.29 is 14.1 Å². The Morgan fingerprint density at radius 3 is 2.67 bits per heavy atom. The number of amidine groups is 1. The van der Waals surface area contributed by atoms with Crippen LogP contribution in [0.1, 0.15) is 11.1 Å². The summed E-state index contributed by atoms with van der Waals surface area (Å²) in [6, 6.07) is 9.92. The molecule has 0 spiro atoms. The third-order valence-corrected chi connectivity index (χ3v) is 2.81. The van der Waals surface area contributed by atoms with E-state index in [4.69, 9.17) is 15.9 Å². The van der Waals surface area contributed by atoms with Crippen molar-refractivity contribution in [1.29, 1.82) is 5.41 Å². The van der Waals surface area contributed by atoms with Crippen molar-refractivity contribution in [2.45, 2.75) is 6.61 Å². The van der Waals surface area contributed by atoms with Gasteiger partial charge >= 0.3 is 5.69 Å². The minimum atomic E-state index is -0.582. The minimum Gasteiger partial charge on any atom is -0.482 e. The number of hydrogen-bond donors (Lipinski definition) is 2. The molecule has 0 saturated heterocycles. The van der Waals surface area contributed by atoms with Gasteiger partial charge in [0.15, 0.2) is 5.75 Å². The first-order valence-corrected chi connectivity index (χ1v) is 5.98. The van der Waals surface area contributed by atoms with E-state index in [1.165, 1.54) is 30.3 Å². The van der Waals surface area contributed by atoms with Crippen molar-refractivity contribution in [2.75, 3.05) is 0 Å². The van der Waals surface area contributed by atoms with Crippen LogP contribution in [0.25, 0.3) is 0 Å². The number of hydrogen-bond acceptors (Lipinski definition) is 4. The number of halogens is 1. The summed E-state index contributed by atoms with van der Waals surface area (Å²) in [5.74, 6) is -0.751. The van der Waals surface area contributed by atoms with Gasteiger partial charge in [-0.05, 0) is 12.1 Å². The Kier molecular flexibility index (Phi) is 4.13. The normalized spacial score (nSPS) is 10.1.